The summed E-state index contributed by atoms with van der Waals surface area (Å²) in [5.41, 5.74) is 4.34. The molecule has 0 saturated carbocycles. The van der Waals surface area contributed by atoms with E-state index in [0.717, 1.165) is 22.8 Å². The van der Waals surface area contributed by atoms with E-state index < -0.39 is 0 Å². The smallest absolute Gasteiger partial charge is 0.327 e. The van der Waals surface area contributed by atoms with Crippen LogP contribution < -0.4 is 10.2 Å². The molecule has 9 heteroatoms. The quantitative estimate of drug-likeness (QED) is 0.417. The molecule has 170 valence electrons. The summed E-state index contributed by atoms with van der Waals surface area (Å²) in [6.07, 6.45) is 1.66. The Morgan fingerprint density at radius 3 is 2.47 bits per heavy atom. The summed E-state index contributed by atoms with van der Waals surface area (Å²) in [4.78, 5) is 23.3. The van der Waals surface area contributed by atoms with Gasteiger partial charge in [-0.15, -0.1) is 0 Å². The van der Waals surface area contributed by atoms with Gasteiger partial charge in [0.25, 0.3) is 0 Å². The van der Waals surface area contributed by atoms with Crippen molar-refractivity contribution in [2.24, 2.45) is 7.05 Å². The Morgan fingerprint density at radius 2 is 1.74 bits per heavy atom. The lowest BCUT2D eigenvalue weighted by Gasteiger charge is -2.16. The SMILES string of the molecule is Cc1nc(-c2ccc(F)cc2)c(-c2ccc3nc(NC(=O)N(C)c4ccccc4)cn3n2)n1C. The van der Waals surface area contributed by atoms with Crippen LogP contribution in [-0.2, 0) is 7.05 Å². The van der Waals surface area contributed by atoms with E-state index in [1.54, 1.807) is 29.9 Å². The molecule has 0 fully saturated rings. The number of aryl methyl sites for hydroxylation is 1. The van der Waals surface area contributed by atoms with Crippen molar-refractivity contribution in [1.29, 1.82) is 0 Å². The third-order valence-electron chi connectivity index (χ3n) is 5.68. The van der Waals surface area contributed by atoms with Gasteiger partial charge in [0.2, 0.25) is 0 Å². The maximum atomic E-state index is 13.4. The first-order valence-corrected chi connectivity index (χ1v) is 10.7. The lowest BCUT2D eigenvalue weighted by atomic mass is 10.1. The number of hydrogen-bond donors (Lipinski definition) is 1. The van der Waals surface area contributed by atoms with Crippen LogP contribution in [0.3, 0.4) is 0 Å². The van der Waals surface area contributed by atoms with E-state index in [0.29, 0.717) is 22.9 Å². The number of fused-ring (bicyclic) bond motifs is 1. The van der Waals surface area contributed by atoms with Gasteiger partial charge in [0.05, 0.1) is 17.6 Å². The molecule has 0 bridgehead atoms. The van der Waals surface area contributed by atoms with Crippen molar-refractivity contribution in [3.63, 3.8) is 0 Å². The topological polar surface area (TPSA) is 80.3 Å². The highest BCUT2D eigenvalue weighted by atomic mass is 19.1. The van der Waals surface area contributed by atoms with Crippen molar-refractivity contribution in [3.8, 4) is 22.6 Å². The molecule has 0 aliphatic rings. The molecule has 5 aromatic rings. The molecule has 0 spiro atoms. The molecule has 0 aliphatic carbocycles. The van der Waals surface area contributed by atoms with Crippen LogP contribution in [0, 0.1) is 12.7 Å². The Kier molecular flexibility index (Phi) is 5.29. The maximum absolute atomic E-state index is 13.4. The third kappa shape index (κ3) is 3.88. The van der Waals surface area contributed by atoms with Gasteiger partial charge < -0.3 is 4.57 Å². The molecular formula is C25H22FN7O. The molecule has 0 saturated heterocycles. The zero-order valence-electron chi connectivity index (χ0n) is 18.9. The number of aromatic nitrogens is 5. The molecule has 5 rings (SSSR count). The van der Waals surface area contributed by atoms with Crippen molar-refractivity contribution >= 4 is 23.2 Å². The number of anilines is 2. The van der Waals surface area contributed by atoms with Gasteiger partial charge in [-0.2, -0.15) is 5.10 Å². The molecule has 0 aliphatic heterocycles. The number of hydrogen-bond acceptors (Lipinski definition) is 4. The monoisotopic (exact) mass is 455 g/mol. The summed E-state index contributed by atoms with van der Waals surface area (Å²) in [6, 6.07) is 18.9. The van der Waals surface area contributed by atoms with Gasteiger partial charge in [-0.05, 0) is 55.5 Å². The molecule has 0 radical (unpaired) electrons. The van der Waals surface area contributed by atoms with Crippen LogP contribution in [0.5, 0.6) is 0 Å². The highest BCUT2D eigenvalue weighted by Crippen LogP contribution is 2.31. The first kappa shape index (κ1) is 21.3. The van der Waals surface area contributed by atoms with Gasteiger partial charge in [0.1, 0.15) is 17.3 Å². The van der Waals surface area contributed by atoms with Crippen LogP contribution in [0.2, 0.25) is 0 Å². The van der Waals surface area contributed by atoms with E-state index in [2.05, 4.69) is 15.3 Å². The minimum atomic E-state index is -0.310. The van der Waals surface area contributed by atoms with Gasteiger partial charge in [-0.1, -0.05) is 18.2 Å². The first-order chi connectivity index (χ1) is 16.4. The fourth-order valence-corrected chi connectivity index (χ4v) is 3.74. The Bertz CT molecular complexity index is 1490. The van der Waals surface area contributed by atoms with Gasteiger partial charge >= 0.3 is 6.03 Å². The van der Waals surface area contributed by atoms with E-state index in [4.69, 9.17) is 5.10 Å². The molecular weight excluding hydrogens is 433 g/mol. The van der Waals surface area contributed by atoms with Crippen molar-refractivity contribution in [3.05, 3.63) is 84.6 Å². The van der Waals surface area contributed by atoms with Crippen LogP contribution >= 0.6 is 0 Å². The Balaban J connectivity index is 1.47. The molecule has 3 heterocycles. The van der Waals surface area contributed by atoms with Crippen molar-refractivity contribution in [2.75, 3.05) is 17.3 Å². The van der Waals surface area contributed by atoms with Crippen molar-refractivity contribution < 1.29 is 9.18 Å². The van der Waals surface area contributed by atoms with E-state index in [1.165, 1.54) is 17.0 Å². The predicted molar refractivity (Wildman–Crippen MR) is 129 cm³/mol. The molecule has 0 unspecified atom stereocenters. The number of carbonyl (C=O) groups excluding carboxylic acids is 1. The zero-order valence-corrected chi connectivity index (χ0v) is 18.9. The second kappa shape index (κ2) is 8.43. The Hall–Kier alpha value is -4.53. The lowest BCUT2D eigenvalue weighted by molar-refractivity contribution is 0.258. The Labute approximate surface area is 195 Å². The highest BCUT2D eigenvalue weighted by Gasteiger charge is 2.19. The molecule has 8 nitrogen and oxygen atoms in total. The minimum Gasteiger partial charge on any atom is -0.330 e. The zero-order chi connectivity index (χ0) is 23.8. The number of carbonyl (C=O) groups is 1. The number of rotatable bonds is 4. The summed E-state index contributed by atoms with van der Waals surface area (Å²) in [6.45, 7) is 1.91. The summed E-state index contributed by atoms with van der Waals surface area (Å²) >= 11 is 0. The number of nitrogens with one attached hydrogen (secondary N) is 1. The number of benzene rings is 2. The van der Waals surface area contributed by atoms with Gasteiger partial charge in [-0.3, -0.25) is 10.2 Å². The van der Waals surface area contributed by atoms with Crippen LogP contribution in [0.1, 0.15) is 5.82 Å². The average Bonchev–Trinajstić information content (AvgIpc) is 3.38. The van der Waals surface area contributed by atoms with Crippen molar-refractivity contribution in [2.45, 2.75) is 6.92 Å². The minimum absolute atomic E-state index is 0.302. The number of imidazole rings is 2. The van der Waals surface area contributed by atoms with E-state index in [1.807, 2.05) is 61.0 Å². The number of halogens is 1. The third-order valence-corrected chi connectivity index (χ3v) is 5.68. The molecule has 0 atom stereocenters. The summed E-state index contributed by atoms with van der Waals surface area (Å²) in [5.74, 6) is 0.888. The van der Waals surface area contributed by atoms with Crippen LogP contribution in [-0.4, -0.2) is 37.2 Å². The standard InChI is InChI=1S/C25H22FN7O/c1-16-27-23(17-9-11-18(26)12-10-17)24(31(16)2)20-13-14-22-28-21(15-33(22)30-20)29-25(34)32(3)19-7-5-4-6-8-19/h4-15H,1-3H3,(H,29,34). The van der Waals surface area contributed by atoms with E-state index in [-0.39, 0.29) is 11.8 Å². The average molecular weight is 455 g/mol. The number of nitrogens with zero attached hydrogens (tertiary/aromatic N) is 6. The second-order valence-corrected chi connectivity index (χ2v) is 7.89. The highest BCUT2D eigenvalue weighted by molar-refractivity contribution is 6.00. The molecule has 2 amide bonds. The lowest BCUT2D eigenvalue weighted by Crippen LogP contribution is -2.31. The molecule has 3 aromatic heterocycles. The fraction of sp³-hybridized carbons (Fsp3) is 0.120. The number of urea groups is 1. The maximum Gasteiger partial charge on any atom is 0.327 e. The van der Waals surface area contributed by atoms with Gasteiger partial charge in [-0.25, -0.2) is 23.7 Å². The summed E-state index contributed by atoms with van der Waals surface area (Å²) < 4.78 is 17.0. The van der Waals surface area contributed by atoms with E-state index >= 15 is 0 Å². The largest absolute Gasteiger partial charge is 0.330 e. The van der Waals surface area contributed by atoms with Crippen LogP contribution in [0.4, 0.5) is 20.7 Å². The normalized spacial score (nSPS) is 11.1. The first-order valence-electron chi connectivity index (χ1n) is 10.7. The van der Waals surface area contributed by atoms with E-state index in [9.17, 15) is 9.18 Å². The second-order valence-electron chi connectivity index (χ2n) is 7.89. The predicted octanol–water partition coefficient (Wildman–Crippen LogP) is 4.91. The fourth-order valence-electron chi connectivity index (χ4n) is 3.74. The summed E-state index contributed by atoms with van der Waals surface area (Å²) in [5, 5.41) is 7.52. The van der Waals surface area contributed by atoms with Gasteiger partial charge in [0, 0.05) is 25.3 Å². The van der Waals surface area contributed by atoms with Crippen LogP contribution in [0.15, 0.2) is 72.9 Å². The van der Waals surface area contributed by atoms with Crippen LogP contribution in [0.25, 0.3) is 28.3 Å². The van der Waals surface area contributed by atoms with Crippen molar-refractivity contribution in [1.82, 2.24) is 24.1 Å². The molecule has 2 aromatic carbocycles. The van der Waals surface area contributed by atoms with Gasteiger partial charge in [0.15, 0.2) is 11.5 Å². The summed E-state index contributed by atoms with van der Waals surface area (Å²) in [7, 11) is 3.61. The number of amides is 2. The number of para-hydroxylation sites is 1. The molecule has 34 heavy (non-hydrogen) atoms. The Morgan fingerprint density at radius 1 is 1.00 bits per heavy atom. The molecule has 1 N–H and O–H groups in total.